The molecule has 0 unspecified atom stereocenters. The summed E-state index contributed by atoms with van der Waals surface area (Å²) in [6.07, 6.45) is 0. The van der Waals surface area contributed by atoms with Gasteiger partial charge in [-0.2, -0.15) is 0 Å². The molecular weight excluding hydrogens is 198 g/mol. The molecule has 0 aliphatic heterocycles. The molecule has 0 saturated heterocycles. The summed E-state index contributed by atoms with van der Waals surface area (Å²) in [4.78, 5) is 0. The van der Waals surface area contributed by atoms with E-state index in [-0.39, 0.29) is 5.54 Å². The molecule has 0 saturated carbocycles. The van der Waals surface area contributed by atoms with Gasteiger partial charge in [0.15, 0.2) is 0 Å². The van der Waals surface area contributed by atoms with Crippen molar-refractivity contribution in [1.82, 2.24) is 5.32 Å². The predicted octanol–water partition coefficient (Wildman–Crippen LogP) is 3.57. The lowest BCUT2D eigenvalue weighted by Gasteiger charge is -2.24. The van der Waals surface area contributed by atoms with Crippen molar-refractivity contribution in [2.75, 3.05) is 13.7 Å². The molecule has 0 fully saturated rings. The SMILES string of the molecule is CC.CCOc1ccc(C(C)(C)NC)cc1. The summed E-state index contributed by atoms with van der Waals surface area (Å²) in [6.45, 7) is 11.0. The van der Waals surface area contributed by atoms with Crippen LogP contribution in [0.4, 0.5) is 0 Å². The zero-order chi connectivity index (χ0) is 12.6. The third kappa shape index (κ3) is 4.23. The molecular formula is C14H25NO. The van der Waals surface area contributed by atoms with Crippen LogP contribution in [0.2, 0.25) is 0 Å². The molecule has 92 valence electrons. The molecule has 0 heterocycles. The number of benzene rings is 1. The maximum atomic E-state index is 5.39. The Labute approximate surface area is 100 Å². The van der Waals surface area contributed by atoms with E-state index < -0.39 is 0 Å². The smallest absolute Gasteiger partial charge is 0.119 e. The largest absolute Gasteiger partial charge is 0.494 e. The predicted molar refractivity (Wildman–Crippen MR) is 71.0 cm³/mol. The normalized spacial score (nSPS) is 10.4. The Kier molecular flexibility index (Phi) is 6.82. The van der Waals surface area contributed by atoms with Gasteiger partial charge in [0.25, 0.3) is 0 Å². The Morgan fingerprint density at radius 2 is 1.62 bits per heavy atom. The average molecular weight is 223 g/mol. The monoisotopic (exact) mass is 223 g/mol. The van der Waals surface area contributed by atoms with Crippen LogP contribution < -0.4 is 10.1 Å². The van der Waals surface area contributed by atoms with Crippen LogP contribution in [0.15, 0.2) is 24.3 Å². The van der Waals surface area contributed by atoms with Crippen LogP contribution in [0.25, 0.3) is 0 Å². The molecule has 0 bridgehead atoms. The summed E-state index contributed by atoms with van der Waals surface area (Å²) in [5, 5.41) is 3.27. The fourth-order valence-corrected chi connectivity index (χ4v) is 1.28. The van der Waals surface area contributed by atoms with E-state index in [1.807, 2.05) is 40.0 Å². The highest BCUT2D eigenvalue weighted by Crippen LogP contribution is 2.22. The van der Waals surface area contributed by atoms with Crippen molar-refractivity contribution in [1.29, 1.82) is 0 Å². The molecule has 0 radical (unpaired) electrons. The van der Waals surface area contributed by atoms with Crippen molar-refractivity contribution >= 4 is 0 Å². The standard InChI is InChI=1S/C12H19NO.C2H6/c1-5-14-11-8-6-10(7-9-11)12(2,3)13-4;1-2/h6-9,13H,5H2,1-4H3;1-2H3. The van der Waals surface area contributed by atoms with Crippen LogP contribution in [-0.2, 0) is 5.54 Å². The highest BCUT2D eigenvalue weighted by Gasteiger charge is 2.16. The summed E-state index contributed by atoms with van der Waals surface area (Å²) in [7, 11) is 1.97. The van der Waals surface area contributed by atoms with E-state index in [2.05, 4.69) is 31.3 Å². The molecule has 1 rings (SSSR count). The van der Waals surface area contributed by atoms with Crippen LogP contribution in [0.1, 0.15) is 40.2 Å². The van der Waals surface area contributed by atoms with Crippen LogP contribution in [0.5, 0.6) is 5.75 Å². The summed E-state index contributed by atoms with van der Waals surface area (Å²) < 4.78 is 5.39. The molecule has 0 atom stereocenters. The number of rotatable bonds is 4. The van der Waals surface area contributed by atoms with Crippen molar-refractivity contribution in [2.45, 2.75) is 40.2 Å². The second kappa shape index (κ2) is 7.29. The summed E-state index contributed by atoms with van der Waals surface area (Å²) >= 11 is 0. The lowest BCUT2D eigenvalue weighted by molar-refractivity contribution is 0.339. The van der Waals surface area contributed by atoms with Crippen molar-refractivity contribution in [2.24, 2.45) is 0 Å². The van der Waals surface area contributed by atoms with E-state index in [1.165, 1.54) is 5.56 Å². The van der Waals surface area contributed by atoms with Crippen LogP contribution >= 0.6 is 0 Å². The van der Waals surface area contributed by atoms with E-state index >= 15 is 0 Å². The Hall–Kier alpha value is -1.02. The highest BCUT2D eigenvalue weighted by molar-refractivity contribution is 5.31. The van der Waals surface area contributed by atoms with Gasteiger partial charge in [0.05, 0.1) is 6.61 Å². The number of ether oxygens (including phenoxy) is 1. The molecule has 0 aliphatic rings. The first-order valence-corrected chi connectivity index (χ1v) is 6.02. The Morgan fingerprint density at radius 3 is 2.00 bits per heavy atom. The van der Waals surface area contributed by atoms with Gasteiger partial charge in [-0.1, -0.05) is 26.0 Å². The van der Waals surface area contributed by atoms with Gasteiger partial charge in [-0.25, -0.2) is 0 Å². The maximum absolute atomic E-state index is 5.39. The van der Waals surface area contributed by atoms with Gasteiger partial charge in [0.1, 0.15) is 5.75 Å². The van der Waals surface area contributed by atoms with Gasteiger partial charge in [-0.3, -0.25) is 0 Å². The summed E-state index contributed by atoms with van der Waals surface area (Å²) in [6, 6.07) is 8.22. The molecule has 1 aromatic rings. The molecule has 1 N–H and O–H groups in total. The Balaban J connectivity index is 0.00000106. The second-order valence-electron chi connectivity index (χ2n) is 3.83. The van der Waals surface area contributed by atoms with Gasteiger partial charge in [-0.05, 0) is 45.5 Å². The Bertz CT molecular complexity index is 277. The molecule has 2 heteroatoms. The Morgan fingerprint density at radius 1 is 1.12 bits per heavy atom. The fourth-order valence-electron chi connectivity index (χ4n) is 1.28. The molecule has 2 nitrogen and oxygen atoms in total. The quantitative estimate of drug-likeness (QED) is 0.842. The number of hydrogen-bond acceptors (Lipinski definition) is 2. The van der Waals surface area contributed by atoms with Crippen LogP contribution in [-0.4, -0.2) is 13.7 Å². The highest BCUT2D eigenvalue weighted by atomic mass is 16.5. The molecule has 0 spiro atoms. The molecule has 0 amide bonds. The first kappa shape index (κ1) is 15.0. The first-order chi connectivity index (χ1) is 7.60. The number of nitrogens with one attached hydrogen (secondary N) is 1. The van der Waals surface area contributed by atoms with Crippen molar-refractivity contribution < 1.29 is 4.74 Å². The summed E-state index contributed by atoms with van der Waals surface area (Å²) in [5.41, 5.74) is 1.29. The minimum Gasteiger partial charge on any atom is -0.494 e. The fraction of sp³-hybridized carbons (Fsp3) is 0.571. The summed E-state index contributed by atoms with van der Waals surface area (Å²) in [5.74, 6) is 0.933. The lowest BCUT2D eigenvalue weighted by Crippen LogP contribution is -2.32. The zero-order valence-corrected chi connectivity index (χ0v) is 11.4. The third-order valence-corrected chi connectivity index (χ3v) is 2.51. The minimum absolute atomic E-state index is 0.0186. The van der Waals surface area contributed by atoms with E-state index in [4.69, 9.17) is 4.74 Å². The van der Waals surface area contributed by atoms with Gasteiger partial charge in [-0.15, -0.1) is 0 Å². The molecule has 16 heavy (non-hydrogen) atoms. The minimum atomic E-state index is 0.0186. The van der Waals surface area contributed by atoms with Crippen molar-refractivity contribution in [3.05, 3.63) is 29.8 Å². The van der Waals surface area contributed by atoms with Crippen molar-refractivity contribution in [3.8, 4) is 5.75 Å². The van der Waals surface area contributed by atoms with Crippen LogP contribution in [0.3, 0.4) is 0 Å². The van der Waals surface area contributed by atoms with Gasteiger partial charge in [0, 0.05) is 5.54 Å². The molecule has 0 aromatic heterocycles. The van der Waals surface area contributed by atoms with Crippen molar-refractivity contribution in [3.63, 3.8) is 0 Å². The van der Waals surface area contributed by atoms with Gasteiger partial charge < -0.3 is 10.1 Å². The average Bonchev–Trinajstić information content (AvgIpc) is 2.33. The van der Waals surface area contributed by atoms with E-state index in [1.54, 1.807) is 0 Å². The molecule has 0 aliphatic carbocycles. The second-order valence-corrected chi connectivity index (χ2v) is 3.83. The van der Waals surface area contributed by atoms with Gasteiger partial charge >= 0.3 is 0 Å². The molecule has 1 aromatic carbocycles. The van der Waals surface area contributed by atoms with Gasteiger partial charge in [0.2, 0.25) is 0 Å². The van der Waals surface area contributed by atoms with E-state index in [0.717, 1.165) is 12.4 Å². The topological polar surface area (TPSA) is 21.3 Å². The third-order valence-electron chi connectivity index (χ3n) is 2.51. The van der Waals surface area contributed by atoms with E-state index in [0.29, 0.717) is 0 Å². The lowest BCUT2D eigenvalue weighted by atomic mass is 9.95. The first-order valence-electron chi connectivity index (χ1n) is 6.02. The van der Waals surface area contributed by atoms with E-state index in [9.17, 15) is 0 Å². The zero-order valence-electron chi connectivity index (χ0n) is 11.4. The number of hydrogen-bond donors (Lipinski definition) is 1. The maximum Gasteiger partial charge on any atom is 0.119 e. The van der Waals surface area contributed by atoms with Crippen LogP contribution in [0, 0.1) is 0 Å².